The summed E-state index contributed by atoms with van der Waals surface area (Å²) in [4.78, 5) is 24.5. The first-order valence-electron chi connectivity index (χ1n) is 7.46. The molecule has 2 rings (SSSR count). The third kappa shape index (κ3) is 4.13. The van der Waals surface area contributed by atoms with E-state index in [1.165, 1.54) is 4.90 Å². The van der Waals surface area contributed by atoms with E-state index >= 15 is 0 Å². The molecule has 0 unspecified atom stereocenters. The van der Waals surface area contributed by atoms with Gasteiger partial charge in [0.2, 0.25) is 0 Å². The third-order valence-corrected chi connectivity index (χ3v) is 3.41. The second-order valence-electron chi connectivity index (χ2n) is 6.38. The normalized spacial score (nSPS) is 11.2. The number of carboxylic acids is 1. The van der Waals surface area contributed by atoms with E-state index in [1.807, 2.05) is 20.8 Å². The molecule has 0 spiro atoms. The van der Waals surface area contributed by atoms with Crippen molar-refractivity contribution < 1.29 is 19.4 Å². The maximum atomic E-state index is 12.5. The molecule has 1 aromatic carbocycles. The summed E-state index contributed by atoms with van der Waals surface area (Å²) in [7, 11) is 1.67. The van der Waals surface area contributed by atoms with E-state index in [1.54, 1.807) is 48.4 Å². The van der Waals surface area contributed by atoms with Crippen LogP contribution < -0.4 is 9.64 Å². The molecular formula is C17H21N3O4. The van der Waals surface area contributed by atoms with Crippen molar-refractivity contribution in [2.75, 3.05) is 18.6 Å². The van der Waals surface area contributed by atoms with Gasteiger partial charge in [0, 0.05) is 18.9 Å². The van der Waals surface area contributed by atoms with Gasteiger partial charge in [0.05, 0.1) is 17.3 Å². The second kappa shape index (κ2) is 6.74. The molecule has 0 atom stereocenters. The number of hydrogen-bond donors (Lipinski definition) is 1. The molecule has 0 saturated heterocycles. The monoisotopic (exact) mass is 331 g/mol. The van der Waals surface area contributed by atoms with Crippen LogP contribution in [0.3, 0.4) is 0 Å². The maximum absolute atomic E-state index is 12.5. The minimum Gasteiger partial charge on any atom is -0.482 e. The van der Waals surface area contributed by atoms with Crippen LogP contribution in [-0.2, 0) is 10.3 Å². The van der Waals surface area contributed by atoms with Crippen LogP contribution in [0.5, 0.6) is 5.75 Å². The van der Waals surface area contributed by atoms with Crippen LogP contribution in [-0.4, -0.2) is 40.4 Å². The summed E-state index contributed by atoms with van der Waals surface area (Å²) in [6.45, 7) is 5.62. The van der Waals surface area contributed by atoms with Crippen LogP contribution in [0.4, 0.5) is 5.69 Å². The molecule has 0 bridgehead atoms. The van der Waals surface area contributed by atoms with Gasteiger partial charge in [-0.05, 0) is 45.0 Å². The lowest BCUT2D eigenvalue weighted by Crippen LogP contribution is -2.26. The molecule has 0 aliphatic rings. The molecule has 7 heteroatoms. The number of nitrogens with zero attached hydrogens (tertiary/aromatic N) is 3. The van der Waals surface area contributed by atoms with E-state index in [4.69, 9.17) is 9.84 Å². The molecule has 24 heavy (non-hydrogen) atoms. The number of benzene rings is 1. The van der Waals surface area contributed by atoms with Gasteiger partial charge in [-0.15, -0.1) is 0 Å². The first-order valence-corrected chi connectivity index (χ1v) is 7.46. The third-order valence-electron chi connectivity index (χ3n) is 3.41. The molecule has 128 valence electrons. The van der Waals surface area contributed by atoms with Gasteiger partial charge in [0.25, 0.3) is 5.91 Å². The number of aliphatic carboxylic acids is 1. The Morgan fingerprint density at radius 3 is 2.38 bits per heavy atom. The molecular weight excluding hydrogens is 310 g/mol. The van der Waals surface area contributed by atoms with Crippen molar-refractivity contribution in [1.82, 2.24) is 9.78 Å². The lowest BCUT2D eigenvalue weighted by molar-refractivity contribution is -0.139. The van der Waals surface area contributed by atoms with E-state index in [0.29, 0.717) is 17.0 Å². The van der Waals surface area contributed by atoms with Gasteiger partial charge in [0.1, 0.15) is 5.75 Å². The molecule has 1 heterocycles. The van der Waals surface area contributed by atoms with E-state index in [2.05, 4.69) is 5.10 Å². The second-order valence-corrected chi connectivity index (χ2v) is 6.38. The fraction of sp³-hybridized carbons (Fsp3) is 0.353. The van der Waals surface area contributed by atoms with Crippen LogP contribution in [0.15, 0.2) is 36.7 Å². The van der Waals surface area contributed by atoms with Gasteiger partial charge in [0.15, 0.2) is 6.61 Å². The number of carbonyl (C=O) groups is 2. The Hall–Kier alpha value is -2.83. The molecule has 1 aromatic heterocycles. The van der Waals surface area contributed by atoms with Gasteiger partial charge < -0.3 is 14.7 Å². The van der Waals surface area contributed by atoms with Gasteiger partial charge in [-0.25, -0.2) is 4.79 Å². The average molecular weight is 331 g/mol. The summed E-state index contributed by atoms with van der Waals surface area (Å²) in [5.74, 6) is -0.783. The zero-order valence-electron chi connectivity index (χ0n) is 14.2. The zero-order chi connectivity index (χ0) is 17.9. The Morgan fingerprint density at radius 2 is 1.88 bits per heavy atom. The molecule has 0 fully saturated rings. The minimum absolute atomic E-state index is 0.176. The van der Waals surface area contributed by atoms with Crippen molar-refractivity contribution >= 4 is 17.6 Å². The smallest absolute Gasteiger partial charge is 0.341 e. The number of carboxylic acid groups (broad SMARTS) is 1. The Labute approximate surface area is 140 Å². The number of aromatic nitrogens is 2. The number of anilines is 1. The fourth-order valence-electron chi connectivity index (χ4n) is 2.02. The van der Waals surface area contributed by atoms with Crippen molar-refractivity contribution in [3.63, 3.8) is 0 Å². The highest BCUT2D eigenvalue weighted by atomic mass is 16.5. The fourth-order valence-corrected chi connectivity index (χ4v) is 2.02. The first-order chi connectivity index (χ1) is 11.2. The summed E-state index contributed by atoms with van der Waals surface area (Å²) >= 11 is 0. The lowest BCUT2D eigenvalue weighted by Gasteiger charge is -2.19. The molecule has 0 radical (unpaired) electrons. The summed E-state index contributed by atoms with van der Waals surface area (Å²) in [6, 6.07) is 6.65. The van der Waals surface area contributed by atoms with Gasteiger partial charge in [-0.3, -0.25) is 9.48 Å². The summed E-state index contributed by atoms with van der Waals surface area (Å²) in [5.41, 5.74) is 0.977. The topological polar surface area (TPSA) is 84.7 Å². The van der Waals surface area contributed by atoms with Crippen molar-refractivity contribution in [3.8, 4) is 5.75 Å². The van der Waals surface area contributed by atoms with Crippen molar-refractivity contribution in [2.24, 2.45) is 0 Å². The van der Waals surface area contributed by atoms with Gasteiger partial charge >= 0.3 is 5.97 Å². The lowest BCUT2D eigenvalue weighted by atomic mass is 10.1. The zero-order valence-corrected chi connectivity index (χ0v) is 14.2. The average Bonchev–Trinajstić information content (AvgIpc) is 3.02. The predicted octanol–water partition coefficient (Wildman–Crippen LogP) is 2.38. The summed E-state index contributed by atoms with van der Waals surface area (Å²) in [6.07, 6.45) is 3.28. The maximum Gasteiger partial charge on any atom is 0.341 e. The molecule has 0 aliphatic carbocycles. The van der Waals surface area contributed by atoms with E-state index in [-0.39, 0.29) is 11.4 Å². The standard InChI is InChI=1S/C17H21N3O4/c1-17(2,3)20-10-12(9-18-20)16(23)19(4)13-5-7-14(8-6-13)24-11-15(21)22/h5-10H,11H2,1-4H3,(H,21,22). The van der Waals surface area contributed by atoms with Crippen molar-refractivity contribution in [2.45, 2.75) is 26.3 Å². The molecule has 0 aliphatic heterocycles. The summed E-state index contributed by atoms with van der Waals surface area (Å²) < 4.78 is 6.82. The number of carbonyl (C=O) groups excluding carboxylic acids is 1. The Balaban J connectivity index is 2.10. The highest BCUT2D eigenvalue weighted by molar-refractivity contribution is 6.05. The highest BCUT2D eigenvalue weighted by Crippen LogP contribution is 2.21. The molecule has 7 nitrogen and oxygen atoms in total. The van der Waals surface area contributed by atoms with E-state index in [0.717, 1.165) is 0 Å². The van der Waals surface area contributed by atoms with E-state index in [9.17, 15) is 9.59 Å². The minimum atomic E-state index is -1.04. The van der Waals surface area contributed by atoms with Crippen molar-refractivity contribution in [3.05, 3.63) is 42.2 Å². The number of hydrogen-bond acceptors (Lipinski definition) is 4. The molecule has 0 saturated carbocycles. The molecule has 1 N–H and O–H groups in total. The van der Waals surface area contributed by atoms with Crippen LogP contribution in [0.1, 0.15) is 31.1 Å². The number of rotatable bonds is 5. The van der Waals surface area contributed by atoms with Crippen LogP contribution in [0.2, 0.25) is 0 Å². The predicted molar refractivity (Wildman–Crippen MR) is 89.5 cm³/mol. The number of amides is 1. The van der Waals surface area contributed by atoms with Crippen LogP contribution >= 0.6 is 0 Å². The summed E-state index contributed by atoms with van der Waals surface area (Å²) in [5, 5.41) is 12.8. The Kier molecular flexibility index (Phi) is 4.92. The van der Waals surface area contributed by atoms with Crippen molar-refractivity contribution in [1.29, 1.82) is 0 Å². The molecule has 1 amide bonds. The van der Waals surface area contributed by atoms with Gasteiger partial charge in [-0.1, -0.05) is 0 Å². The first kappa shape index (κ1) is 17.5. The molecule has 2 aromatic rings. The van der Waals surface area contributed by atoms with Crippen LogP contribution in [0, 0.1) is 0 Å². The number of ether oxygens (including phenoxy) is 1. The van der Waals surface area contributed by atoms with Crippen LogP contribution in [0.25, 0.3) is 0 Å². The highest BCUT2D eigenvalue weighted by Gasteiger charge is 2.19. The Bertz CT molecular complexity index is 729. The quantitative estimate of drug-likeness (QED) is 0.909. The Morgan fingerprint density at radius 1 is 1.25 bits per heavy atom. The van der Waals surface area contributed by atoms with E-state index < -0.39 is 12.6 Å². The SMILES string of the molecule is CN(C(=O)c1cnn(C(C)(C)C)c1)c1ccc(OCC(=O)O)cc1. The largest absolute Gasteiger partial charge is 0.482 e. The van der Waals surface area contributed by atoms with Gasteiger partial charge in [-0.2, -0.15) is 5.10 Å².